The van der Waals surface area contributed by atoms with Crippen molar-refractivity contribution in [1.82, 2.24) is 14.8 Å². The molecule has 2 aromatic heterocycles. The van der Waals surface area contributed by atoms with Gasteiger partial charge in [0.2, 0.25) is 0 Å². The van der Waals surface area contributed by atoms with Crippen molar-refractivity contribution in [3.05, 3.63) is 24.4 Å². The van der Waals surface area contributed by atoms with Crippen LogP contribution in [-0.2, 0) is 17.9 Å². The third-order valence-corrected chi connectivity index (χ3v) is 2.31. The van der Waals surface area contributed by atoms with Crippen LogP contribution < -0.4 is 0 Å². The molecule has 98 valence electrons. The lowest BCUT2D eigenvalue weighted by molar-refractivity contribution is 0.0578. The molecule has 1 N–H and O–H groups in total. The standard InChI is InChI=1S/C12H17N3O3/c1-12(2,16)8-15-11(9-4-5-18-6-9)13-10(14-15)7-17-3/h4-6,16H,7-8H2,1-3H3. The molecular weight excluding hydrogens is 234 g/mol. The van der Waals surface area contributed by atoms with E-state index >= 15 is 0 Å². The minimum absolute atomic E-state index is 0.337. The first-order valence-electron chi connectivity index (χ1n) is 5.67. The molecular formula is C12H17N3O3. The summed E-state index contributed by atoms with van der Waals surface area (Å²) < 4.78 is 11.7. The number of hydrogen-bond donors (Lipinski definition) is 1. The zero-order chi connectivity index (χ0) is 13.2. The first-order chi connectivity index (χ1) is 8.49. The van der Waals surface area contributed by atoms with Crippen molar-refractivity contribution in [1.29, 1.82) is 0 Å². The molecule has 0 amide bonds. The van der Waals surface area contributed by atoms with Crippen LogP contribution in [0.15, 0.2) is 23.0 Å². The quantitative estimate of drug-likeness (QED) is 0.870. The molecule has 2 aromatic rings. The van der Waals surface area contributed by atoms with Gasteiger partial charge in [0.05, 0.1) is 24.0 Å². The van der Waals surface area contributed by atoms with E-state index in [1.54, 1.807) is 38.2 Å². The number of furan rings is 1. The molecule has 18 heavy (non-hydrogen) atoms. The summed E-state index contributed by atoms with van der Waals surface area (Å²) in [5, 5.41) is 14.2. The van der Waals surface area contributed by atoms with E-state index in [9.17, 15) is 5.11 Å². The molecule has 0 atom stereocenters. The Bertz CT molecular complexity index is 497. The summed E-state index contributed by atoms with van der Waals surface area (Å²) in [5.74, 6) is 1.25. The Balaban J connectivity index is 2.36. The van der Waals surface area contributed by atoms with Crippen molar-refractivity contribution in [2.45, 2.75) is 32.6 Å². The van der Waals surface area contributed by atoms with Gasteiger partial charge in [0.15, 0.2) is 11.6 Å². The number of methoxy groups -OCH3 is 1. The molecule has 0 aliphatic heterocycles. The topological polar surface area (TPSA) is 73.3 Å². The van der Waals surface area contributed by atoms with E-state index in [4.69, 9.17) is 9.15 Å². The molecule has 2 rings (SSSR count). The summed E-state index contributed by atoms with van der Waals surface area (Å²) in [7, 11) is 1.59. The fourth-order valence-electron chi connectivity index (χ4n) is 1.66. The van der Waals surface area contributed by atoms with E-state index < -0.39 is 5.60 Å². The monoisotopic (exact) mass is 251 g/mol. The highest BCUT2D eigenvalue weighted by molar-refractivity contribution is 5.52. The normalized spacial score (nSPS) is 12.0. The van der Waals surface area contributed by atoms with Crippen LogP contribution in [0.2, 0.25) is 0 Å². The Labute approximate surface area is 105 Å². The van der Waals surface area contributed by atoms with Crippen molar-refractivity contribution in [3.63, 3.8) is 0 Å². The third-order valence-electron chi connectivity index (χ3n) is 2.31. The number of ether oxygens (including phenoxy) is 1. The van der Waals surface area contributed by atoms with Gasteiger partial charge in [-0.2, -0.15) is 5.10 Å². The molecule has 0 aliphatic rings. The average molecular weight is 251 g/mol. The predicted octanol–water partition coefficient (Wildman–Crippen LogP) is 1.46. The highest BCUT2D eigenvalue weighted by Crippen LogP contribution is 2.20. The Kier molecular flexibility index (Phi) is 3.49. The molecule has 6 heteroatoms. The van der Waals surface area contributed by atoms with Crippen LogP contribution in [0.25, 0.3) is 11.4 Å². The number of aromatic nitrogens is 3. The minimum Gasteiger partial charge on any atom is -0.472 e. The van der Waals surface area contributed by atoms with Gasteiger partial charge in [-0.1, -0.05) is 0 Å². The van der Waals surface area contributed by atoms with E-state index in [0.29, 0.717) is 24.8 Å². The summed E-state index contributed by atoms with van der Waals surface area (Å²) in [6.07, 6.45) is 3.18. The highest BCUT2D eigenvalue weighted by Gasteiger charge is 2.20. The van der Waals surface area contributed by atoms with E-state index in [-0.39, 0.29) is 0 Å². The second kappa shape index (κ2) is 4.91. The third kappa shape index (κ3) is 2.96. The Morgan fingerprint density at radius 3 is 2.83 bits per heavy atom. The largest absolute Gasteiger partial charge is 0.472 e. The van der Waals surface area contributed by atoms with Crippen LogP contribution in [0.3, 0.4) is 0 Å². The summed E-state index contributed by atoms with van der Waals surface area (Å²) in [6, 6.07) is 1.81. The zero-order valence-electron chi connectivity index (χ0n) is 10.8. The van der Waals surface area contributed by atoms with Crippen LogP contribution in [0.5, 0.6) is 0 Å². The number of aliphatic hydroxyl groups is 1. The maximum absolute atomic E-state index is 9.89. The fraction of sp³-hybridized carbons (Fsp3) is 0.500. The second-order valence-electron chi connectivity index (χ2n) is 4.77. The van der Waals surface area contributed by atoms with Crippen molar-refractivity contribution in [2.75, 3.05) is 7.11 Å². The van der Waals surface area contributed by atoms with Gasteiger partial charge in [-0.3, -0.25) is 0 Å². The first kappa shape index (κ1) is 12.8. The van der Waals surface area contributed by atoms with Gasteiger partial charge >= 0.3 is 0 Å². The van der Waals surface area contributed by atoms with Crippen molar-refractivity contribution < 1.29 is 14.3 Å². The Hall–Kier alpha value is -1.66. The lowest BCUT2D eigenvalue weighted by Gasteiger charge is -2.17. The van der Waals surface area contributed by atoms with E-state index in [0.717, 1.165) is 5.56 Å². The van der Waals surface area contributed by atoms with E-state index in [2.05, 4.69) is 10.1 Å². The van der Waals surface area contributed by atoms with Crippen LogP contribution >= 0.6 is 0 Å². The summed E-state index contributed by atoms with van der Waals surface area (Å²) in [6.45, 7) is 4.14. The van der Waals surface area contributed by atoms with Crippen LogP contribution in [0.1, 0.15) is 19.7 Å². The number of nitrogens with zero attached hydrogens (tertiary/aromatic N) is 3. The van der Waals surface area contributed by atoms with Crippen LogP contribution in [0.4, 0.5) is 0 Å². The van der Waals surface area contributed by atoms with Crippen molar-refractivity contribution >= 4 is 0 Å². The predicted molar refractivity (Wildman–Crippen MR) is 64.7 cm³/mol. The number of rotatable bonds is 5. The maximum atomic E-state index is 9.89. The van der Waals surface area contributed by atoms with Crippen LogP contribution in [0, 0.1) is 0 Å². The van der Waals surface area contributed by atoms with Gasteiger partial charge in [0.25, 0.3) is 0 Å². The molecule has 0 saturated heterocycles. The summed E-state index contributed by atoms with van der Waals surface area (Å²) in [5.41, 5.74) is -0.0367. The Morgan fingerprint density at radius 2 is 2.28 bits per heavy atom. The van der Waals surface area contributed by atoms with Gasteiger partial charge in [0.1, 0.15) is 12.9 Å². The highest BCUT2D eigenvalue weighted by atomic mass is 16.5. The van der Waals surface area contributed by atoms with E-state index in [1.165, 1.54) is 0 Å². The molecule has 0 spiro atoms. The van der Waals surface area contributed by atoms with Crippen LogP contribution in [-0.4, -0.2) is 32.6 Å². The SMILES string of the molecule is COCc1nc(-c2ccoc2)n(CC(C)(C)O)n1. The minimum atomic E-state index is -0.865. The first-order valence-corrected chi connectivity index (χ1v) is 5.67. The molecule has 2 heterocycles. The van der Waals surface area contributed by atoms with Crippen molar-refractivity contribution in [2.24, 2.45) is 0 Å². The zero-order valence-corrected chi connectivity index (χ0v) is 10.8. The Morgan fingerprint density at radius 1 is 1.50 bits per heavy atom. The van der Waals surface area contributed by atoms with E-state index in [1.807, 2.05) is 6.07 Å². The summed E-state index contributed by atoms with van der Waals surface area (Å²) in [4.78, 5) is 4.38. The molecule has 6 nitrogen and oxygen atoms in total. The lowest BCUT2D eigenvalue weighted by Crippen LogP contribution is -2.27. The van der Waals surface area contributed by atoms with Gasteiger partial charge in [-0.05, 0) is 19.9 Å². The molecule has 0 radical (unpaired) electrons. The van der Waals surface area contributed by atoms with Gasteiger partial charge in [0, 0.05) is 7.11 Å². The molecule has 0 bridgehead atoms. The fourth-order valence-corrected chi connectivity index (χ4v) is 1.66. The molecule has 0 aliphatic carbocycles. The smallest absolute Gasteiger partial charge is 0.176 e. The molecule has 0 aromatic carbocycles. The van der Waals surface area contributed by atoms with Gasteiger partial charge < -0.3 is 14.3 Å². The molecule has 0 fully saturated rings. The summed E-state index contributed by atoms with van der Waals surface area (Å²) >= 11 is 0. The molecule has 0 saturated carbocycles. The molecule has 0 unspecified atom stereocenters. The number of hydrogen-bond acceptors (Lipinski definition) is 5. The average Bonchev–Trinajstić information content (AvgIpc) is 2.85. The van der Waals surface area contributed by atoms with Gasteiger partial charge in [-0.15, -0.1) is 0 Å². The van der Waals surface area contributed by atoms with Gasteiger partial charge in [-0.25, -0.2) is 9.67 Å². The lowest BCUT2D eigenvalue weighted by atomic mass is 10.1. The maximum Gasteiger partial charge on any atom is 0.176 e. The second-order valence-corrected chi connectivity index (χ2v) is 4.77. The van der Waals surface area contributed by atoms with Crippen molar-refractivity contribution in [3.8, 4) is 11.4 Å².